The molecule has 1 aliphatic rings. The van der Waals surface area contributed by atoms with Gasteiger partial charge in [-0.3, -0.25) is 4.79 Å². The van der Waals surface area contributed by atoms with Crippen LogP contribution in [0.15, 0.2) is 23.0 Å². The van der Waals surface area contributed by atoms with E-state index in [0.29, 0.717) is 17.5 Å². The summed E-state index contributed by atoms with van der Waals surface area (Å²) in [4.78, 5) is 27.3. The molecule has 0 spiro atoms. The minimum Gasteiger partial charge on any atom is -0.347 e. The van der Waals surface area contributed by atoms with E-state index in [9.17, 15) is 4.79 Å². The van der Waals surface area contributed by atoms with Gasteiger partial charge in [0.25, 0.3) is 0 Å². The van der Waals surface area contributed by atoms with Crippen LogP contribution in [0.5, 0.6) is 0 Å². The Kier molecular flexibility index (Phi) is 4.84. The molecular formula is C16H22N6O2. The third-order valence-corrected chi connectivity index (χ3v) is 4.40. The predicted octanol–water partition coefficient (Wildman–Crippen LogP) is 1.26. The minimum atomic E-state index is -0.375. The summed E-state index contributed by atoms with van der Waals surface area (Å²) in [6, 6.07) is 1.72. The molecule has 1 atom stereocenters. The van der Waals surface area contributed by atoms with E-state index in [0.717, 1.165) is 32.5 Å². The molecular weight excluding hydrogens is 308 g/mol. The molecule has 8 nitrogen and oxygen atoms in total. The number of likely N-dealkylation sites (tertiary alicyclic amines) is 1. The number of hydrogen-bond donors (Lipinski definition) is 1. The largest absolute Gasteiger partial charge is 0.347 e. The van der Waals surface area contributed by atoms with Gasteiger partial charge in [-0.15, -0.1) is 0 Å². The van der Waals surface area contributed by atoms with Gasteiger partial charge >= 0.3 is 0 Å². The number of carbonyl (C=O) groups excluding carboxylic acids is 1. The molecule has 1 N–H and O–H groups in total. The van der Waals surface area contributed by atoms with Gasteiger partial charge in [-0.1, -0.05) is 12.1 Å². The topological polar surface area (TPSA) is 97.0 Å². The second-order valence-electron chi connectivity index (χ2n) is 6.30. The summed E-state index contributed by atoms with van der Waals surface area (Å²) in [5, 5.41) is 6.76. The summed E-state index contributed by atoms with van der Waals surface area (Å²) in [7, 11) is 0. The molecule has 1 amide bonds. The van der Waals surface area contributed by atoms with Crippen LogP contribution in [0, 0.1) is 5.41 Å². The normalized spacial score (nSPS) is 21.6. The number of piperidine rings is 1. The molecule has 3 heterocycles. The first-order valence-corrected chi connectivity index (χ1v) is 8.21. The second-order valence-corrected chi connectivity index (χ2v) is 6.30. The van der Waals surface area contributed by atoms with E-state index in [2.05, 4.69) is 37.2 Å². The Morgan fingerprint density at radius 1 is 1.38 bits per heavy atom. The molecule has 1 aliphatic heterocycles. The van der Waals surface area contributed by atoms with Crippen molar-refractivity contribution in [2.45, 2.75) is 33.2 Å². The first-order valence-electron chi connectivity index (χ1n) is 8.21. The molecule has 2 aromatic heterocycles. The van der Waals surface area contributed by atoms with Crippen LogP contribution in [0.3, 0.4) is 0 Å². The van der Waals surface area contributed by atoms with E-state index in [-0.39, 0.29) is 17.9 Å². The fraction of sp³-hybridized carbons (Fsp3) is 0.562. The van der Waals surface area contributed by atoms with Crippen LogP contribution in [0.4, 0.5) is 0 Å². The van der Waals surface area contributed by atoms with Crippen LogP contribution in [-0.2, 0) is 11.3 Å². The molecule has 1 saturated heterocycles. The Labute approximate surface area is 140 Å². The zero-order valence-electron chi connectivity index (χ0n) is 14.0. The Morgan fingerprint density at radius 2 is 2.17 bits per heavy atom. The van der Waals surface area contributed by atoms with Crippen molar-refractivity contribution in [1.29, 1.82) is 0 Å². The van der Waals surface area contributed by atoms with Crippen molar-refractivity contribution >= 4 is 5.91 Å². The summed E-state index contributed by atoms with van der Waals surface area (Å²) in [6.07, 6.45) is 5.16. The average molecular weight is 330 g/mol. The van der Waals surface area contributed by atoms with Gasteiger partial charge in [-0.05, 0) is 38.9 Å². The summed E-state index contributed by atoms with van der Waals surface area (Å²) in [6.45, 7) is 7.15. The van der Waals surface area contributed by atoms with Crippen LogP contribution >= 0.6 is 0 Å². The minimum absolute atomic E-state index is 0.0244. The quantitative estimate of drug-likeness (QED) is 0.881. The lowest BCUT2D eigenvalue weighted by molar-refractivity contribution is -0.133. The van der Waals surface area contributed by atoms with Crippen LogP contribution < -0.4 is 5.32 Å². The average Bonchev–Trinajstić information content (AvgIpc) is 3.09. The van der Waals surface area contributed by atoms with E-state index in [1.165, 1.54) is 0 Å². The van der Waals surface area contributed by atoms with Crippen LogP contribution in [0.1, 0.15) is 32.6 Å². The molecule has 0 radical (unpaired) electrons. The summed E-state index contributed by atoms with van der Waals surface area (Å²) < 4.78 is 5.17. The lowest BCUT2D eigenvalue weighted by atomic mass is 9.81. The standard InChI is InChI=1S/C16H22N6O2/c1-3-22-9-4-6-16(2,11-22)15(23)19-10-12-20-14(21-24-12)13-17-7-5-8-18-13/h5,7-8H,3-4,6,9-11H2,1-2H3,(H,19,23). The van der Waals surface area contributed by atoms with Crippen LogP contribution in [0.25, 0.3) is 11.6 Å². The zero-order chi connectivity index (χ0) is 17.0. The lowest BCUT2D eigenvalue weighted by Crippen LogP contribution is -2.50. The molecule has 0 aromatic carbocycles. The van der Waals surface area contributed by atoms with Gasteiger partial charge in [0.2, 0.25) is 23.4 Å². The number of hydrogen-bond acceptors (Lipinski definition) is 7. The van der Waals surface area contributed by atoms with Gasteiger partial charge in [0, 0.05) is 18.9 Å². The monoisotopic (exact) mass is 330 g/mol. The van der Waals surface area contributed by atoms with Crippen molar-refractivity contribution in [3.8, 4) is 11.6 Å². The van der Waals surface area contributed by atoms with Gasteiger partial charge in [0.05, 0.1) is 12.0 Å². The van der Waals surface area contributed by atoms with E-state index in [1.54, 1.807) is 18.5 Å². The molecule has 3 rings (SSSR count). The highest BCUT2D eigenvalue weighted by molar-refractivity contribution is 5.82. The molecule has 0 aliphatic carbocycles. The van der Waals surface area contributed by atoms with Gasteiger partial charge < -0.3 is 14.7 Å². The van der Waals surface area contributed by atoms with Crippen molar-refractivity contribution in [3.05, 3.63) is 24.4 Å². The number of nitrogens with one attached hydrogen (secondary N) is 1. The van der Waals surface area contributed by atoms with Crippen molar-refractivity contribution in [2.75, 3.05) is 19.6 Å². The van der Waals surface area contributed by atoms with Crippen molar-refractivity contribution in [3.63, 3.8) is 0 Å². The molecule has 0 saturated carbocycles. The van der Waals surface area contributed by atoms with Gasteiger partial charge in [-0.2, -0.15) is 4.98 Å². The predicted molar refractivity (Wildman–Crippen MR) is 86.6 cm³/mol. The zero-order valence-corrected chi connectivity index (χ0v) is 14.0. The first-order chi connectivity index (χ1) is 11.6. The third kappa shape index (κ3) is 3.59. The lowest BCUT2D eigenvalue weighted by Gasteiger charge is -2.38. The van der Waals surface area contributed by atoms with E-state index in [4.69, 9.17) is 4.52 Å². The molecule has 2 aromatic rings. The second kappa shape index (κ2) is 7.04. The Hall–Kier alpha value is -2.35. The van der Waals surface area contributed by atoms with E-state index < -0.39 is 0 Å². The van der Waals surface area contributed by atoms with Crippen molar-refractivity contribution in [1.82, 2.24) is 30.3 Å². The smallest absolute Gasteiger partial charge is 0.246 e. The first kappa shape index (κ1) is 16.5. The highest BCUT2D eigenvalue weighted by atomic mass is 16.5. The summed E-state index contributed by atoms with van der Waals surface area (Å²) >= 11 is 0. The molecule has 128 valence electrons. The maximum atomic E-state index is 12.6. The third-order valence-electron chi connectivity index (χ3n) is 4.40. The Morgan fingerprint density at radius 3 is 2.92 bits per heavy atom. The van der Waals surface area contributed by atoms with Crippen LogP contribution in [0.2, 0.25) is 0 Å². The highest BCUT2D eigenvalue weighted by Crippen LogP contribution is 2.29. The number of carbonyl (C=O) groups is 1. The molecule has 1 fully saturated rings. The molecule has 24 heavy (non-hydrogen) atoms. The van der Waals surface area contributed by atoms with E-state index in [1.807, 2.05) is 6.92 Å². The number of nitrogens with zero attached hydrogens (tertiary/aromatic N) is 5. The van der Waals surface area contributed by atoms with E-state index >= 15 is 0 Å². The SMILES string of the molecule is CCN1CCCC(C)(C(=O)NCc2nc(-c3ncccn3)no2)C1. The number of rotatable bonds is 5. The highest BCUT2D eigenvalue weighted by Gasteiger charge is 2.37. The van der Waals surface area contributed by atoms with Crippen molar-refractivity contribution in [2.24, 2.45) is 5.41 Å². The van der Waals surface area contributed by atoms with Crippen molar-refractivity contribution < 1.29 is 9.32 Å². The molecule has 8 heteroatoms. The number of aromatic nitrogens is 4. The fourth-order valence-electron chi connectivity index (χ4n) is 3.00. The summed E-state index contributed by atoms with van der Waals surface area (Å²) in [5.41, 5.74) is -0.375. The maximum Gasteiger partial charge on any atom is 0.246 e. The Balaban J connectivity index is 1.59. The molecule has 0 bridgehead atoms. The molecule has 1 unspecified atom stereocenters. The fourth-order valence-corrected chi connectivity index (χ4v) is 3.00. The maximum absolute atomic E-state index is 12.6. The van der Waals surface area contributed by atoms with Crippen LogP contribution in [-0.4, -0.2) is 50.5 Å². The van der Waals surface area contributed by atoms with Gasteiger partial charge in [0.15, 0.2) is 0 Å². The van der Waals surface area contributed by atoms with Gasteiger partial charge in [0.1, 0.15) is 0 Å². The van der Waals surface area contributed by atoms with Gasteiger partial charge in [-0.25, -0.2) is 9.97 Å². The number of amides is 1. The Bertz CT molecular complexity index is 689. The summed E-state index contributed by atoms with van der Waals surface area (Å²) in [5.74, 6) is 1.09.